The molecule has 0 saturated heterocycles. The van der Waals surface area contributed by atoms with E-state index in [1.807, 2.05) is 36.4 Å². The van der Waals surface area contributed by atoms with Gasteiger partial charge in [0.25, 0.3) is 0 Å². The van der Waals surface area contributed by atoms with Crippen LogP contribution in [0.15, 0.2) is 36.4 Å². The predicted molar refractivity (Wildman–Crippen MR) is 90.4 cm³/mol. The van der Waals surface area contributed by atoms with Crippen molar-refractivity contribution < 1.29 is 9.47 Å². The minimum Gasteiger partial charge on any atom is -0.497 e. The molecule has 0 aliphatic carbocycles. The third-order valence-corrected chi connectivity index (χ3v) is 5.54. The summed E-state index contributed by atoms with van der Waals surface area (Å²) in [5.74, 6) is 1.47. The summed E-state index contributed by atoms with van der Waals surface area (Å²) in [6.07, 6.45) is 0. The number of rotatable bonds is 3. The van der Waals surface area contributed by atoms with Crippen LogP contribution >= 0.6 is 34.5 Å². The SMILES string of the molecule is COc1ccc(-c2sc3c(Cl)c(OC)ccc3c2Cl)cc1. The van der Waals surface area contributed by atoms with Crippen LogP contribution in [0.4, 0.5) is 0 Å². The fourth-order valence-corrected chi connectivity index (χ4v) is 4.09. The Balaban J connectivity index is 2.18. The quantitative estimate of drug-likeness (QED) is 0.592. The van der Waals surface area contributed by atoms with Gasteiger partial charge in [-0.2, -0.15) is 0 Å². The van der Waals surface area contributed by atoms with E-state index in [4.69, 9.17) is 32.7 Å². The molecule has 0 aliphatic heterocycles. The third-order valence-electron chi connectivity index (χ3n) is 3.27. The molecule has 2 nitrogen and oxygen atoms in total. The zero-order valence-corrected chi connectivity index (χ0v) is 13.8. The zero-order valence-electron chi connectivity index (χ0n) is 11.4. The van der Waals surface area contributed by atoms with Crippen molar-refractivity contribution in [3.63, 3.8) is 0 Å². The van der Waals surface area contributed by atoms with Gasteiger partial charge in [-0.15, -0.1) is 11.3 Å². The number of hydrogen-bond acceptors (Lipinski definition) is 3. The molecule has 0 radical (unpaired) electrons. The number of hydrogen-bond donors (Lipinski definition) is 0. The van der Waals surface area contributed by atoms with Crippen LogP contribution in [-0.4, -0.2) is 14.2 Å². The van der Waals surface area contributed by atoms with Crippen LogP contribution in [0, 0.1) is 0 Å². The molecule has 0 bridgehead atoms. The van der Waals surface area contributed by atoms with Gasteiger partial charge in [0.15, 0.2) is 0 Å². The predicted octanol–water partition coefficient (Wildman–Crippen LogP) is 5.89. The highest BCUT2D eigenvalue weighted by molar-refractivity contribution is 7.23. The Bertz CT molecular complexity index is 794. The highest BCUT2D eigenvalue weighted by Crippen LogP contribution is 2.47. The van der Waals surface area contributed by atoms with E-state index in [-0.39, 0.29) is 0 Å². The standard InChI is InChI=1S/C16H12Cl2O2S/c1-19-10-5-3-9(4-6-10)15-13(17)11-7-8-12(20-2)14(18)16(11)21-15/h3-8H,1-2H3. The molecule has 0 spiro atoms. The maximum atomic E-state index is 6.51. The van der Waals surface area contributed by atoms with E-state index < -0.39 is 0 Å². The van der Waals surface area contributed by atoms with Crippen molar-refractivity contribution in [1.29, 1.82) is 0 Å². The molecule has 0 aliphatic rings. The van der Waals surface area contributed by atoms with Crippen molar-refractivity contribution in [2.75, 3.05) is 14.2 Å². The molecule has 108 valence electrons. The summed E-state index contributed by atoms with van der Waals surface area (Å²) in [4.78, 5) is 0.990. The lowest BCUT2D eigenvalue weighted by Gasteiger charge is -2.02. The lowest BCUT2D eigenvalue weighted by atomic mass is 10.1. The Hall–Kier alpha value is -1.42. The molecule has 0 unspecified atom stereocenters. The van der Waals surface area contributed by atoms with Crippen molar-refractivity contribution in [2.45, 2.75) is 0 Å². The van der Waals surface area contributed by atoms with Gasteiger partial charge in [0.2, 0.25) is 0 Å². The molecule has 1 aromatic heterocycles. The largest absolute Gasteiger partial charge is 0.497 e. The Kier molecular flexibility index (Phi) is 3.98. The van der Waals surface area contributed by atoms with E-state index in [1.54, 1.807) is 25.6 Å². The van der Waals surface area contributed by atoms with Gasteiger partial charge in [-0.3, -0.25) is 0 Å². The normalized spacial score (nSPS) is 10.9. The van der Waals surface area contributed by atoms with Gasteiger partial charge in [-0.1, -0.05) is 23.2 Å². The Morgan fingerprint density at radius 3 is 2.19 bits per heavy atom. The fourth-order valence-electron chi connectivity index (χ4n) is 2.17. The average Bonchev–Trinajstić information content (AvgIpc) is 2.86. The minimum absolute atomic E-state index is 0.599. The fraction of sp³-hybridized carbons (Fsp3) is 0.125. The number of methoxy groups -OCH3 is 2. The lowest BCUT2D eigenvalue weighted by molar-refractivity contribution is 0.415. The topological polar surface area (TPSA) is 18.5 Å². The van der Waals surface area contributed by atoms with Crippen LogP contribution < -0.4 is 9.47 Å². The molecule has 2 aromatic carbocycles. The molecule has 0 amide bonds. The van der Waals surface area contributed by atoms with Crippen molar-refractivity contribution >= 4 is 44.6 Å². The van der Waals surface area contributed by atoms with Gasteiger partial charge in [-0.25, -0.2) is 0 Å². The van der Waals surface area contributed by atoms with E-state index in [9.17, 15) is 0 Å². The zero-order chi connectivity index (χ0) is 15.0. The molecular weight excluding hydrogens is 327 g/mol. The Labute approximate surface area is 136 Å². The van der Waals surface area contributed by atoms with Crippen LogP contribution in [0.25, 0.3) is 20.5 Å². The number of fused-ring (bicyclic) bond motifs is 1. The Morgan fingerprint density at radius 2 is 1.57 bits per heavy atom. The third kappa shape index (κ3) is 2.46. The first-order chi connectivity index (χ1) is 10.2. The summed E-state index contributed by atoms with van der Waals surface area (Å²) in [5, 5.41) is 2.25. The van der Waals surface area contributed by atoms with Crippen molar-refractivity contribution in [3.8, 4) is 21.9 Å². The van der Waals surface area contributed by atoms with Crippen LogP contribution in [-0.2, 0) is 0 Å². The van der Waals surface area contributed by atoms with Gasteiger partial charge in [0.1, 0.15) is 16.5 Å². The van der Waals surface area contributed by atoms with E-state index in [0.717, 1.165) is 26.3 Å². The summed E-state index contributed by atoms with van der Waals surface area (Å²) < 4.78 is 11.4. The van der Waals surface area contributed by atoms with E-state index in [2.05, 4.69) is 0 Å². The first-order valence-corrected chi connectivity index (χ1v) is 7.82. The van der Waals surface area contributed by atoms with Crippen LogP contribution in [0.3, 0.4) is 0 Å². The molecule has 0 fully saturated rings. The summed E-state index contributed by atoms with van der Waals surface area (Å²) in [5.41, 5.74) is 1.04. The molecule has 3 aromatic rings. The monoisotopic (exact) mass is 338 g/mol. The smallest absolute Gasteiger partial charge is 0.138 e. The van der Waals surface area contributed by atoms with Crippen LogP contribution in [0.5, 0.6) is 11.5 Å². The number of thiophene rings is 1. The highest BCUT2D eigenvalue weighted by atomic mass is 35.5. The van der Waals surface area contributed by atoms with Gasteiger partial charge >= 0.3 is 0 Å². The second-order valence-electron chi connectivity index (χ2n) is 4.43. The first kappa shape index (κ1) is 14.5. The van der Waals surface area contributed by atoms with Gasteiger partial charge in [0, 0.05) is 5.39 Å². The van der Waals surface area contributed by atoms with Crippen molar-refractivity contribution in [3.05, 3.63) is 46.4 Å². The summed E-state index contributed by atoms with van der Waals surface area (Å²) >= 11 is 14.4. The lowest BCUT2D eigenvalue weighted by Crippen LogP contribution is -1.82. The van der Waals surface area contributed by atoms with Crippen LogP contribution in [0.2, 0.25) is 10.0 Å². The van der Waals surface area contributed by atoms with Gasteiger partial charge in [0.05, 0.1) is 28.8 Å². The number of ether oxygens (including phenoxy) is 2. The Morgan fingerprint density at radius 1 is 0.857 bits per heavy atom. The maximum absolute atomic E-state index is 6.51. The van der Waals surface area contributed by atoms with E-state index in [1.165, 1.54) is 0 Å². The van der Waals surface area contributed by atoms with E-state index in [0.29, 0.717) is 15.8 Å². The summed E-state index contributed by atoms with van der Waals surface area (Å²) in [7, 11) is 3.25. The summed E-state index contributed by atoms with van der Waals surface area (Å²) in [6, 6.07) is 11.6. The second kappa shape index (κ2) is 5.76. The van der Waals surface area contributed by atoms with Gasteiger partial charge in [-0.05, 0) is 42.0 Å². The molecular formula is C16H12Cl2O2S. The number of halogens is 2. The van der Waals surface area contributed by atoms with Crippen molar-refractivity contribution in [1.82, 2.24) is 0 Å². The average molecular weight is 339 g/mol. The minimum atomic E-state index is 0.599. The molecule has 1 heterocycles. The molecule has 0 atom stereocenters. The van der Waals surface area contributed by atoms with Gasteiger partial charge < -0.3 is 9.47 Å². The van der Waals surface area contributed by atoms with E-state index >= 15 is 0 Å². The van der Waals surface area contributed by atoms with Crippen molar-refractivity contribution in [2.24, 2.45) is 0 Å². The molecule has 3 rings (SSSR count). The first-order valence-electron chi connectivity index (χ1n) is 6.24. The van der Waals surface area contributed by atoms with Crippen LogP contribution in [0.1, 0.15) is 0 Å². The molecule has 5 heteroatoms. The maximum Gasteiger partial charge on any atom is 0.138 e. The molecule has 0 saturated carbocycles. The number of benzene rings is 2. The molecule has 0 N–H and O–H groups in total. The summed E-state index contributed by atoms with van der Waals surface area (Å²) in [6.45, 7) is 0. The molecule has 21 heavy (non-hydrogen) atoms. The second-order valence-corrected chi connectivity index (χ2v) is 6.21. The highest BCUT2D eigenvalue weighted by Gasteiger charge is 2.16.